The molecule has 2 aromatic carbocycles. The number of methoxy groups -OCH3 is 1. The maximum atomic E-state index is 15.6. The summed E-state index contributed by atoms with van der Waals surface area (Å²) in [5.41, 5.74) is -1.09. The number of sulfone groups is 1. The van der Waals surface area contributed by atoms with Gasteiger partial charge in [-0.3, -0.25) is 4.79 Å². The van der Waals surface area contributed by atoms with Crippen LogP contribution in [-0.4, -0.2) is 89.7 Å². The summed E-state index contributed by atoms with van der Waals surface area (Å²) >= 11 is 0. The molecule has 0 unspecified atom stereocenters. The summed E-state index contributed by atoms with van der Waals surface area (Å²) in [4.78, 5) is 14.8. The number of ether oxygens (including phenoxy) is 1. The van der Waals surface area contributed by atoms with E-state index in [2.05, 4.69) is 10.2 Å². The minimum absolute atomic E-state index is 0.0926. The highest BCUT2D eigenvalue weighted by molar-refractivity contribution is 7.94. The summed E-state index contributed by atoms with van der Waals surface area (Å²) in [7, 11) is -3.95. The van der Waals surface area contributed by atoms with Gasteiger partial charge in [0.2, 0.25) is 10.0 Å². The van der Waals surface area contributed by atoms with Gasteiger partial charge in [-0.25, -0.2) is 21.2 Å². The molecule has 0 aliphatic carbocycles. The Kier molecular flexibility index (Phi) is 9.33. The van der Waals surface area contributed by atoms with Gasteiger partial charge in [-0.2, -0.15) is 4.31 Å². The molecule has 2 fully saturated rings. The molecule has 9 nitrogen and oxygen atoms in total. The Balaban J connectivity index is 1.37. The van der Waals surface area contributed by atoms with E-state index in [9.17, 15) is 21.6 Å². The number of nitrogens with one attached hydrogen (secondary N) is 1. The maximum Gasteiger partial charge on any atom is 0.258 e. The molecule has 0 saturated carbocycles. The van der Waals surface area contributed by atoms with Crippen LogP contribution in [0.2, 0.25) is 0 Å². The van der Waals surface area contributed by atoms with E-state index in [0.29, 0.717) is 42.8 Å². The van der Waals surface area contributed by atoms with Crippen LogP contribution in [0.3, 0.4) is 0 Å². The van der Waals surface area contributed by atoms with E-state index in [4.69, 9.17) is 4.74 Å². The van der Waals surface area contributed by atoms with Crippen LogP contribution in [0.15, 0.2) is 64.9 Å². The molecule has 0 bridgehead atoms. The summed E-state index contributed by atoms with van der Waals surface area (Å²) in [6, 6.07) is 13.7. The molecule has 218 valence electrons. The Morgan fingerprint density at radius 1 is 1.05 bits per heavy atom. The molecule has 4 rings (SSSR count). The highest BCUT2D eigenvalue weighted by Gasteiger charge is 2.44. The van der Waals surface area contributed by atoms with Crippen molar-refractivity contribution in [1.29, 1.82) is 0 Å². The van der Waals surface area contributed by atoms with Crippen LogP contribution in [0.1, 0.15) is 25.7 Å². The molecule has 2 saturated heterocycles. The number of amides is 1. The zero-order chi connectivity index (χ0) is 29.0. The molecule has 2 aromatic rings. The first-order valence-corrected chi connectivity index (χ1v) is 16.3. The Morgan fingerprint density at radius 2 is 1.73 bits per heavy atom. The number of sulfonamides is 1. The van der Waals surface area contributed by atoms with Crippen LogP contribution in [0.4, 0.5) is 4.39 Å². The normalized spacial score (nSPS) is 19.5. The summed E-state index contributed by atoms with van der Waals surface area (Å²) < 4.78 is 74.2. The first-order valence-electron chi connectivity index (χ1n) is 13.3. The number of halogens is 1. The molecule has 2 aliphatic heterocycles. The number of hydrogen-bond donors (Lipinski definition) is 1. The van der Waals surface area contributed by atoms with Crippen LogP contribution in [0.5, 0.6) is 5.75 Å². The van der Waals surface area contributed by atoms with Crippen LogP contribution in [0, 0.1) is 0 Å². The molecule has 40 heavy (non-hydrogen) atoms. The zero-order valence-corrected chi connectivity index (χ0v) is 24.4. The molecule has 12 heteroatoms. The third-order valence-corrected chi connectivity index (χ3v) is 11.5. The van der Waals surface area contributed by atoms with Crippen molar-refractivity contribution < 1.29 is 30.8 Å². The lowest BCUT2D eigenvalue weighted by molar-refractivity contribution is -0.135. The third kappa shape index (κ3) is 6.73. The molecular weight excluding hydrogens is 557 g/mol. The summed E-state index contributed by atoms with van der Waals surface area (Å²) in [5.74, 6) is -0.284. The SMILES string of the molecule is COc1cccc(-c2ccccc2S(=O)(=O)N2CCC(F)(C(=O)NC/C=C/S(=O)(=O)C3CCN(C)CC3)CC2)c1. The van der Waals surface area contributed by atoms with E-state index < -0.39 is 36.7 Å². The first-order chi connectivity index (χ1) is 19.0. The Morgan fingerprint density at radius 3 is 2.40 bits per heavy atom. The number of benzene rings is 2. The zero-order valence-electron chi connectivity index (χ0n) is 22.8. The van der Waals surface area contributed by atoms with Crippen LogP contribution in [-0.2, 0) is 24.7 Å². The standard InChI is InChI=1S/C28H36FN3O6S2/c1-31-16-11-24(12-17-31)39(34,35)20-6-15-30-27(33)28(29)13-18-32(19-14-28)40(36,37)26-10-4-3-9-25(26)22-7-5-8-23(21-22)38-2/h3-10,20-21,24H,11-19H2,1-2H3,(H,30,33)/b20-6+. The molecular formula is C28H36FN3O6S2. The lowest BCUT2D eigenvalue weighted by Crippen LogP contribution is -2.52. The highest BCUT2D eigenvalue weighted by Crippen LogP contribution is 2.34. The van der Waals surface area contributed by atoms with Crippen LogP contribution in [0.25, 0.3) is 11.1 Å². The van der Waals surface area contributed by atoms with Crippen LogP contribution < -0.4 is 10.1 Å². The number of rotatable bonds is 9. The van der Waals surface area contributed by atoms with Crippen molar-refractivity contribution in [1.82, 2.24) is 14.5 Å². The van der Waals surface area contributed by atoms with E-state index in [1.165, 1.54) is 23.6 Å². The molecule has 1 N–H and O–H groups in total. The van der Waals surface area contributed by atoms with Gasteiger partial charge < -0.3 is 15.0 Å². The quantitative estimate of drug-likeness (QED) is 0.476. The van der Waals surface area contributed by atoms with Gasteiger partial charge in [0.15, 0.2) is 15.5 Å². The van der Waals surface area contributed by atoms with Gasteiger partial charge in [-0.1, -0.05) is 36.4 Å². The van der Waals surface area contributed by atoms with Gasteiger partial charge in [-0.05, 0) is 56.7 Å². The average Bonchev–Trinajstić information content (AvgIpc) is 2.95. The van der Waals surface area contributed by atoms with Crippen molar-refractivity contribution >= 4 is 25.8 Å². The van der Waals surface area contributed by atoms with Crippen molar-refractivity contribution in [2.45, 2.75) is 41.5 Å². The third-order valence-electron chi connectivity index (χ3n) is 7.60. The molecule has 1 amide bonds. The van der Waals surface area contributed by atoms with E-state index in [-0.39, 0.29) is 37.4 Å². The van der Waals surface area contributed by atoms with Gasteiger partial charge in [0, 0.05) is 43.4 Å². The van der Waals surface area contributed by atoms with Crippen molar-refractivity contribution in [2.24, 2.45) is 0 Å². The van der Waals surface area contributed by atoms with Crippen LogP contribution >= 0.6 is 0 Å². The second kappa shape index (κ2) is 12.4. The van der Waals surface area contributed by atoms with Gasteiger partial charge in [0.05, 0.1) is 17.3 Å². The van der Waals surface area contributed by atoms with E-state index in [1.54, 1.807) is 42.5 Å². The number of hydrogen-bond acceptors (Lipinski definition) is 7. The largest absolute Gasteiger partial charge is 0.497 e. The second-order valence-electron chi connectivity index (χ2n) is 10.3. The molecule has 2 aliphatic rings. The molecule has 0 aromatic heterocycles. The topological polar surface area (TPSA) is 113 Å². The van der Waals surface area contributed by atoms with Gasteiger partial charge in [0.1, 0.15) is 5.75 Å². The number of likely N-dealkylation sites (tertiary alicyclic amines) is 1. The van der Waals surface area contributed by atoms with Gasteiger partial charge in [-0.15, -0.1) is 0 Å². The number of carbonyl (C=O) groups is 1. The molecule has 0 radical (unpaired) electrons. The fourth-order valence-electron chi connectivity index (χ4n) is 5.08. The minimum Gasteiger partial charge on any atom is -0.497 e. The Hall–Kier alpha value is -2.80. The smallest absolute Gasteiger partial charge is 0.258 e. The van der Waals surface area contributed by atoms with Gasteiger partial charge >= 0.3 is 0 Å². The van der Waals surface area contributed by atoms with Crippen molar-refractivity contribution in [3.05, 3.63) is 60.0 Å². The van der Waals surface area contributed by atoms with Crippen molar-refractivity contribution in [2.75, 3.05) is 46.9 Å². The lowest BCUT2D eigenvalue weighted by Gasteiger charge is -2.34. The number of piperidine rings is 2. The number of alkyl halides is 1. The fourth-order valence-corrected chi connectivity index (χ4v) is 8.19. The summed E-state index contributed by atoms with van der Waals surface area (Å²) in [6.07, 6.45) is 1.80. The first kappa shape index (κ1) is 30.2. The monoisotopic (exact) mass is 593 g/mol. The number of carbonyl (C=O) groups excluding carboxylic acids is 1. The molecule has 0 atom stereocenters. The summed E-state index contributed by atoms with van der Waals surface area (Å²) in [6.45, 7) is 0.945. The van der Waals surface area contributed by atoms with Gasteiger partial charge in [0.25, 0.3) is 5.91 Å². The highest BCUT2D eigenvalue weighted by atomic mass is 32.2. The predicted molar refractivity (Wildman–Crippen MR) is 152 cm³/mol. The molecule has 2 heterocycles. The Bertz CT molecular complexity index is 1450. The van der Waals surface area contributed by atoms with Crippen molar-refractivity contribution in [3.63, 3.8) is 0 Å². The summed E-state index contributed by atoms with van der Waals surface area (Å²) in [5, 5.41) is 3.09. The molecule has 0 spiro atoms. The second-order valence-corrected chi connectivity index (χ2v) is 14.3. The number of nitrogens with zero attached hydrogens (tertiary/aromatic N) is 2. The average molecular weight is 594 g/mol. The minimum atomic E-state index is -3.97. The van der Waals surface area contributed by atoms with Crippen molar-refractivity contribution in [3.8, 4) is 16.9 Å². The Labute approximate surface area is 236 Å². The fraction of sp³-hybridized carbons (Fsp3) is 0.464. The van der Waals surface area contributed by atoms with E-state index in [1.807, 2.05) is 7.05 Å². The lowest BCUT2D eigenvalue weighted by atomic mass is 9.93. The maximum absolute atomic E-state index is 15.6. The van der Waals surface area contributed by atoms with E-state index in [0.717, 1.165) is 5.41 Å². The predicted octanol–water partition coefficient (Wildman–Crippen LogP) is 2.99. The van der Waals surface area contributed by atoms with E-state index >= 15 is 4.39 Å².